The van der Waals surface area contributed by atoms with Gasteiger partial charge < -0.3 is 10.6 Å². The lowest BCUT2D eigenvalue weighted by Gasteiger charge is -2.12. The van der Waals surface area contributed by atoms with E-state index in [1.54, 1.807) is 18.2 Å². The van der Waals surface area contributed by atoms with Gasteiger partial charge in [-0.3, -0.25) is 9.59 Å². The number of carbonyl (C=O) groups is 2. The van der Waals surface area contributed by atoms with E-state index in [-0.39, 0.29) is 11.8 Å². The van der Waals surface area contributed by atoms with Crippen LogP contribution in [0.5, 0.6) is 0 Å². The number of hydrogen-bond donors (Lipinski definition) is 2. The van der Waals surface area contributed by atoms with Crippen molar-refractivity contribution in [2.75, 3.05) is 11.9 Å². The standard InChI is InChI=1S/C20H23ClN2O2/c1-2-13-22-20(25)17-12-11-16(21)14-18(17)23-19(24)10-6-9-15-7-4-3-5-8-15/h3-5,7-8,11-12,14H,2,6,9-10,13H2,1H3,(H,22,25)(H,23,24). The first-order chi connectivity index (χ1) is 12.1. The zero-order chi connectivity index (χ0) is 18.1. The maximum Gasteiger partial charge on any atom is 0.253 e. The Kier molecular flexibility index (Phi) is 7.48. The molecule has 2 N–H and O–H groups in total. The Hall–Kier alpha value is -2.33. The molecule has 2 aromatic carbocycles. The first-order valence-corrected chi connectivity index (χ1v) is 8.89. The van der Waals surface area contributed by atoms with E-state index >= 15 is 0 Å². The molecule has 0 unspecified atom stereocenters. The minimum atomic E-state index is -0.210. The van der Waals surface area contributed by atoms with E-state index in [1.807, 2.05) is 37.3 Å². The van der Waals surface area contributed by atoms with Gasteiger partial charge in [0.05, 0.1) is 11.3 Å². The molecular weight excluding hydrogens is 336 g/mol. The molecule has 0 saturated carbocycles. The van der Waals surface area contributed by atoms with Crippen LogP contribution in [0.15, 0.2) is 48.5 Å². The Morgan fingerprint density at radius 1 is 1.08 bits per heavy atom. The van der Waals surface area contributed by atoms with Crippen LogP contribution in [0.25, 0.3) is 0 Å². The predicted molar refractivity (Wildman–Crippen MR) is 102 cm³/mol. The second-order valence-electron chi connectivity index (χ2n) is 5.83. The van der Waals surface area contributed by atoms with Crippen molar-refractivity contribution in [2.45, 2.75) is 32.6 Å². The second kappa shape index (κ2) is 9.84. The summed E-state index contributed by atoms with van der Waals surface area (Å²) in [6.07, 6.45) is 2.82. The minimum Gasteiger partial charge on any atom is -0.352 e. The van der Waals surface area contributed by atoms with Crippen LogP contribution >= 0.6 is 11.6 Å². The Bertz CT molecular complexity index is 717. The predicted octanol–water partition coefficient (Wildman–Crippen LogP) is 4.44. The molecule has 4 nitrogen and oxygen atoms in total. The van der Waals surface area contributed by atoms with Crippen molar-refractivity contribution in [1.29, 1.82) is 0 Å². The summed E-state index contributed by atoms with van der Waals surface area (Å²) in [5, 5.41) is 6.10. The number of aryl methyl sites for hydroxylation is 1. The van der Waals surface area contributed by atoms with Crippen LogP contribution in [-0.2, 0) is 11.2 Å². The lowest BCUT2D eigenvalue weighted by atomic mass is 10.1. The van der Waals surface area contributed by atoms with E-state index in [2.05, 4.69) is 10.6 Å². The molecule has 0 heterocycles. The molecule has 0 radical (unpaired) electrons. The fourth-order valence-corrected chi connectivity index (χ4v) is 2.63. The molecule has 0 fully saturated rings. The van der Waals surface area contributed by atoms with Gasteiger partial charge >= 0.3 is 0 Å². The van der Waals surface area contributed by atoms with E-state index in [1.165, 1.54) is 5.56 Å². The number of carbonyl (C=O) groups excluding carboxylic acids is 2. The lowest BCUT2D eigenvalue weighted by molar-refractivity contribution is -0.116. The molecule has 0 aliphatic rings. The smallest absolute Gasteiger partial charge is 0.253 e. The molecule has 5 heteroatoms. The Labute approximate surface area is 153 Å². The maximum atomic E-state index is 12.2. The average molecular weight is 359 g/mol. The first kappa shape index (κ1) is 19.0. The summed E-state index contributed by atoms with van der Waals surface area (Å²) in [5.74, 6) is -0.333. The third-order valence-corrected chi connectivity index (χ3v) is 3.98. The van der Waals surface area contributed by atoms with Crippen molar-refractivity contribution >= 4 is 29.1 Å². The molecule has 0 spiro atoms. The average Bonchev–Trinajstić information content (AvgIpc) is 2.60. The summed E-state index contributed by atoms with van der Waals surface area (Å²) in [6.45, 7) is 2.57. The van der Waals surface area contributed by atoms with Gasteiger partial charge in [-0.1, -0.05) is 48.9 Å². The summed E-state index contributed by atoms with van der Waals surface area (Å²) in [7, 11) is 0. The molecule has 0 aliphatic heterocycles. The Balaban J connectivity index is 1.94. The zero-order valence-corrected chi connectivity index (χ0v) is 15.1. The fourth-order valence-electron chi connectivity index (χ4n) is 2.46. The van der Waals surface area contributed by atoms with Gasteiger partial charge in [-0.15, -0.1) is 0 Å². The Morgan fingerprint density at radius 3 is 2.56 bits per heavy atom. The minimum absolute atomic E-state index is 0.122. The number of halogens is 1. The largest absolute Gasteiger partial charge is 0.352 e. The highest BCUT2D eigenvalue weighted by Gasteiger charge is 2.13. The van der Waals surface area contributed by atoms with Crippen LogP contribution < -0.4 is 10.6 Å². The third-order valence-electron chi connectivity index (χ3n) is 3.75. The summed E-state index contributed by atoms with van der Waals surface area (Å²) >= 11 is 6.01. The van der Waals surface area contributed by atoms with Crippen molar-refractivity contribution in [3.8, 4) is 0 Å². The molecule has 0 saturated heterocycles. The van der Waals surface area contributed by atoms with Crippen molar-refractivity contribution in [3.63, 3.8) is 0 Å². The number of amides is 2. The highest BCUT2D eigenvalue weighted by atomic mass is 35.5. The fraction of sp³-hybridized carbons (Fsp3) is 0.300. The number of hydrogen-bond acceptors (Lipinski definition) is 2. The molecule has 2 aromatic rings. The monoisotopic (exact) mass is 358 g/mol. The van der Waals surface area contributed by atoms with Crippen molar-refractivity contribution in [2.24, 2.45) is 0 Å². The van der Waals surface area contributed by atoms with Gasteiger partial charge in [0.15, 0.2) is 0 Å². The third kappa shape index (κ3) is 6.24. The van der Waals surface area contributed by atoms with Crippen molar-refractivity contribution in [1.82, 2.24) is 5.32 Å². The maximum absolute atomic E-state index is 12.2. The summed E-state index contributed by atoms with van der Waals surface area (Å²) in [6, 6.07) is 14.9. The van der Waals surface area contributed by atoms with Crippen LogP contribution in [0.2, 0.25) is 5.02 Å². The van der Waals surface area contributed by atoms with Crippen molar-refractivity contribution in [3.05, 3.63) is 64.7 Å². The summed E-state index contributed by atoms with van der Waals surface area (Å²) in [5.41, 5.74) is 2.08. The van der Waals surface area contributed by atoms with E-state index in [4.69, 9.17) is 11.6 Å². The Morgan fingerprint density at radius 2 is 1.84 bits per heavy atom. The van der Waals surface area contributed by atoms with Crippen LogP contribution in [0.3, 0.4) is 0 Å². The van der Waals surface area contributed by atoms with E-state index in [0.717, 1.165) is 19.3 Å². The van der Waals surface area contributed by atoms with Crippen LogP contribution in [0, 0.1) is 0 Å². The van der Waals surface area contributed by atoms with Gasteiger partial charge in [-0.05, 0) is 43.0 Å². The second-order valence-corrected chi connectivity index (χ2v) is 6.27. The molecule has 25 heavy (non-hydrogen) atoms. The SMILES string of the molecule is CCCNC(=O)c1ccc(Cl)cc1NC(=O)CCCc1ccccc1. The molecule has 132 valence electrons. The van der Waals surface area contributed by atoms with Gasteiger partial charge in [0.2, 0.25) is 5.91 Å². The van der Waals surface area contributed by atoms with Gasteiger partial charge in [-0.2, -0.15) is 0 Å². The van der Waals surface area contributed by atoms with Crippen LogP contribution in [0.1, 0.15) is 42.1 Å². The van der Waals surface area contributed by atoms with E-state index < -0.39 is 0 Å². The zero-order valence-electron chi connectivity index (χ0n) is 14.3. The molecule has 0 bridgehead atoms. The van der Waals surface area contributed by atoms with Gasteiger partial charge in [0, 0.05) is 18.0 Å². The highest BCUT2D eigenvalue weighted by Crippen LogP contribution is 2.21. The van der Waals surface area contributed by atoms with E-state index in [9.17, 15) is 9.59 Å². The summed E-state index contributed by atoms with van der Waals surface area (Å²) < 4.78 is 0. The quantitative estimate of drug-likeness (QED) is 0.732. The topological polar surface area (TPSA) is 58.2 Å². The van der Waals surface area contributed by atoms with Gasteiger partial charge in [0.1, 0.15) is 0 Å². The molecule has 2 amide bonds. The number of nitrogens with one attached hydrogen (secondary N) is 2. The van der Waals surface area contributed by atoms with E-state index in [0.29, 0.717) is 29.2 Å². The molecule has 0 atom stereocenters. The molecule has 0 aromatic heterocycles. The number of benzene rings is 2. The molecular formula is C20H23ClN2O2. The number of anilines is 1. The molecule has 0 aliphatic carbocycles. The van der Waals surface area contributed by atoms with Crippen molar-refractivity contribution < 1.29 is 9.59 Å². The lowest BCUT2D eigenvalue weighted by Crippen LogP contribution is -2.25. The van der Waals surface area contributed by atoms with Gasteiger partial charge in [-0.25, -0.2) is 0 Å². The summed E-state index contributed by atoms with van der Waals surface area (Å²) in [4.78, 5) is 24.4. The van der Waals surface area contributed by atoms with Crippen LogP contribution in [0.4, 0.5) is 5.69 Å². The highest BCUT2D eigenvalue weighted by molar-refractivity contribution is 6.31. The van der Waals surface area contributed by atoms with Gasteiger partial charge in [0.25, 0.3) is 5.91 Å². The number of rotatable bonds is 8. The van der Waals surface area contributed by atoms with Crippen LogP contribution in [-0.4, -0.2) is 18.4 Å². The molecule has 2 rings (SSSR count). The normalized spacial score (nSPS) is 10.3. The first-order valence-electron chi connectivity index (χ1n) is 8.51.